The number of fused-ring (bicyclic) bond motifs is 1. The molecule has 1 saturated heterocycles. The minimum absolute atomic E-state index is 0.0518. The van der Waals surface area contributed by atoms with Crippen molar-refractivity contribution in [2.45, 2.75) is 32.6 Å². The van der Waals surface area contributed by atoms with Crippen molar-refractivity contribution in [3.8, 4) is 5.75 Å². The molecule has 0 spiro atoms. The highest BCUT2D eigenvalue weighted by Crippen LogP contribution is 2.37. The predicted octanol–water partition coefficient (Wildman–Crippen LogP) is 3.15. The molecule has 1 N–H and O–H groups in total. The van der Waals surface area contributed by atoms with Gasteiger partial charge in [-0.3, -0.25) is 4.79 Å². The lowest BCUT2D eigenvalue weighted by Gasteiger charge is -2.16. The van der Waals surface area contributed by atoms with E-state index in [0.29, 0.717) is 0 Å². The summed E-state index contributed by atoms with van der Waals surface area (Å²) in [6.07, 6.45) is 5.41. The first-order chi connectivity index (χ1) is 10.7. The third kappa shape index (κ3) is 4.01. The SMILES string of the molecule is CC(=O)Nc1ccc(OCCCN2CC3CCCC3C2)cc1. The summed E-state index contributed by atoms with van der Waals surface area (Å²) in [4.78, 5) is 13.6. The fourth-order valence-corrected chi connectivity index (χ4v) is 3.83. The van der Waals surface area contributed by atoms with E-state index in [-0.39, 0.29) is 5.91 Å². The molecule has 2 unspecified atom stereocenters. The zero-order valence-corrected chi connectivity index (χ0v) is 13.4. The minimum Gasteiger partial charge on any atom is -0.494 e. The Morgan fingerprint density at radius 1 is 1.23 bits per heavy atom. The summed E-state index contributed by atoms with van der Waals surface area (Å²) in [7, 11) is 0. The number of rotatable bonds is 6. The quantitative estimate of drug-likeness (QED) is 0.821. The summed E-state index contributed by atoms with van der Waals surface area (Å²) < 4.78 is 5.78. The van der Waals surface area contributed by atoms with Gasteiger partial charge in [0.15, 0.2) is 0 Å². The molecule has 120 valence electrons. The number of nitrogens with one attached hydrogen (secondary N) is 1. The summed E-state index contributed by atoms with van der Waals surface area (Å²) >= 11 is 0. The second kappa shape index (κ2) is 7.14. The van der Waals surface area contributed by atoms with E-state index < -0.39 is 0 Å². The van der Waals surface area contributed by atoms with Crippen molar-refractivity contribution in [2.24, 2.45) is 11.8 Å². The Morgan fingerprint density at radius 2 is 1.91 bits per heavy atom. The highest BCUT2D eigenvalue weighted by Gasteiger charge is 2.35. The standard InChI is InChI=1S/C18H26N2O2/c1-14(21)19-17-6-8-18(9-7-17)22-11-3-10-20-12-15-4-2-5-16(15)13-20/h6-9,15-16H,2-5,10-13H2,1H3,(H,19,21). The summed E-state index contributed by atoms with van der Waals surface area (Å²) in [5, 5.41) is 2.75. The van der Waals surface area contributed by atoms with Crippen LogP contribution in [0, 0.1) is 11.8 Å². The normalized spacial score (nSPS) is 24.2. The van der Waals surface area contributed by atoms with Crippen molar-refractivity contribution in [3.63, 3.8) is 0 Å². The van der Waals surface area contributed by atoms with Crippen LogP contribution in [0.25, 0.3) is 0 Å². The van der Waals surface area contributed by atoms with Crippen LogP contribution in [0.4, 0.5) is 5.69 Å². The molecule has 4 nitrogen and oxygen atoms in total. The van der Waals surface area contributed by atoms with Gasteiger partial charge in [-0.15, -0.1) is 0 Å². The molecular weight excluding hydrogens is 276 g/mol. The zero-order valence-electron chi connectivity index (χ0n) is 13.4. The fourth-order valence-electron chi connectivity index (χ4n) is 3.83. The Balaban J connectivity index is 1.34. The van der Waals surface area contributed by atoms with Crippen LogP contribution in [0.2, 0.25) is 0 Å². The smallest absolute Gasteiger partial charge is 0.221 e. The molecule has 1 aliphatic heterocycles. The minimum atomic E-state index is -0.0518. The molecule has 3 rings (SSSR count). The molecule has 22 heavy (non-hydrogen) atoms. The Morgan fingerprint density at radius 3 is 2.55 bits per heavy atom. The molecule has 0 radical (unpaired) electrons. The van der Waals surface area contributed by atoms with E-state index in [1.807, 2.05) is 24.3 Å². The first-order valence-corrected chi connectivity index (χ1v) is 8.43. The van der Waals surface area contributed by atoms with Gasteiger partial charge in [0, 0.05) is 32.2 Å². The van der Waals surface area contributed by atoms with Gasteiger partial charge in [-0.25, -0.2) is 0 Å². The third-order valence-corrected chi connectivity index (χ3v) is 4.86. The maximum absolute atomic E-state index is 11.0. The number of hydrogen-bond donors (Lipinski definition) is 1. The number of carbonyl (C=O) groups is 1. The first-order valence-electron chi connectivity index (χ1n) is 8.43. The second-order valence-electron chi connectivity index (χ2n) is 6.62. The lowest BCUT2D eigenvalue weighted by Crippen LogP contribution is -2.24. The Bertz CT molecular complexity index is 488. The van der Waals surface area contributed by atoms with Gasteiger partial charge in [0.25, 0.3) is 0 Å². The van der Waals surface area contributed by atoms with Gasteiger partial charge in [-0.1, -0.05) is 6.42 Å². The molecule has 1 aliphatic carbocycles. The molecule has 2 fully saturated rings. The second-order valence-corrected chi connectivity index (χ2v) is 6.62. The van der Waals surface area contributed by atoms with Gasteiger partial charge in [-0.2, -0.15) is 0 Å². The number of anilines is 1. The molecule has 4 heteroatoms. The van der Waals surface area contributed by atoms with E-state index in [0.717, 1.165) is 42.8 Å². The number of nitrogens with zero attached hydrogens (tertiary/aromatic N) is 1. The van der Waals surface area contributed by atoms with E-state index in [1.165, 1.54) is 39.3 Å². The number of benzene rings is 1. The Kier molecular flexibility index (Phi) is 4.98. The van der Waals surface area contributed by atoms with Gasteiger partial charge in [0.05, 0.1) is 6.61 Å². The Hall–Kier alpha value is -1.55. The van der Waals surface area contributed by atoms with Crippen LogP contribution in [-0.2, 0) is 4.79 Å². The zero-order chi connectivity index (χ0) is 15.4. The van der Waals surface area contributed by atoms with Crippen molar-refractivity contribution >= 4 is 11.6 Å². The molecule has 0 bridgehead atoms. The molecule has 1 heterocycles. The molecule has 2 atom stereocenters. The molecule has 1 aromatic rings. The third-order valence-electron chi connectivity index (χ3n) is 4.86. The van der Waals surface area contributed by atoms with Crippen molar-refractivity contribution in [3.05, 3.63) is 24.3 Å². The van der Waals surface area contributed by atoms with Crippen LogP contribution in [-0.4, -0.2) is 37.0 Å². The highest BCUT2D eigenvalue weighted by atomic mass is 16.5. The molecule has 0 aromatic heterocycles. The average Bonchev–Trinajstić information content (AvgIpc) is 3.06. The lowest BCUT2D eigenvalue weighted by molar-refractivity contribution is -0.114. The predicted molar refractivity (Wildman–Crippen MR) is 88.1 cm³/mol. The summed E-state index contributed by atoms with van der Waals surface area (Å²) in [5.41, 5.74) is 0.809. The van der Waals surface area contributed by atoms with Gasteiger partial charge in [-0.05, 0) is 55.4 Å². The van der Waals surface area contributed by atoms with Crippen molar-refractivity contribution in [2.75, 3.05) is 31.6 Å². The lowest BCUT2D eigenvalue weighted by atomic mass is 10.0. The van der Waals surface area contributed by atoms with E-state index in [1.54, 1.807) is 0 Å². The van der Waals surface area contributed by atoms with E-state index in [4.69, 9.17) is 4.74 Å². The maximum Gasteiger partial charge on any atom is 0.221 e. The van der Waals surface area contributed by atoms with Crippen LogP contribution in [0.3, 0.4) is 0 Å². The highest BCUT2D eigenvalue weighted by molar-refractivity contribution is 5.88. The van der Waals surface area contributed by atoms with Crippen LogP contribution in [0.1, 0.15) is 32.6 Å². The van der Waals surface area contributed by atoms with Crippen LogP contribution < -0.4 is 10.1 Å². The van der Waals surface area contributed by atoms with Crippen molar-refractivity contribution < 1.29 is 9.53 Å². The summed E-state index contributed by atoms with van der Waals surface area (Å²) in [5.74, 6) is 2.76. The van der Waals surface area contributed by atoms with Gasteiger partial charge >= 0.3 is 0 Å². The Labute approximate surface area is 132 Å². The number of likely N-dealkylation sites (tertiary alicyclic amines) is 1. The fraction of sp³-hybridized carbons (Fsp3) is 0.611. The molecular formula is C18H26N2O2. The van der Waals surface area contributed by atoms with E-state index in [9.17, 15) is 4.79 Å². The number of hydrogen-bond acceptors (Lipinski definition) is 3. The molecule has 2 aliphatic rings. The van der Waals surface area contributed by atoms with Crippen LogP contribution >= 0.6 is 0 Å². The van der Waals surface area contributed by atoms with Gasteiger partial charge in [0.1, 0.15) is 5.75 Å². The largest absolute Gasteiger partial charge is 0.494 e. The van der Waals surface area contributed by atoms with Crippen molar-refractivity contribution in [1.29, 1.82) is 0 Å². The van der Waals surface area contributed by atoms with Gasteiger partial charge < -0.3 is 15.0 Å². The first kappa shape index (κ1) is 15.3. The summed E-state index contributed by atoms with van der Waals surface area (Å²) in [6, 6.07) is 7.56. The number of carbonyl (C=O) groups excluding carboxylic acids is 1. The van der Waals surface area contributed by atoms with E-state index in [2.05, 4.69) is 10.2 Å². The molecule has 1 saturated carbocycles. The van der Waals surface area contributed by atoms with Crippen molar-refractivity contribution in [1.82, 2.24) is 4.90 Å². The number of ether oxygens (including phenoxy) is 1. The molecule has 1 aromatic carbocycles. The summed E-state index contributed by atoms with van der Waals surface area (Å²) in [6.45, 7) is 6.02. The monoisotopic (exact) mass is 302 g/mol. The average molecular weight is 302 g/mol. The topological polar surface area (TPSA) is 41.6 Å². The van der Waals surface area contributed by atoms with E-state index >= 15 is 0 Å². The van der Waals surface area contributed by atoms with Gasteiger partial charge in [0.2, 0.25) is 5.91 Å². The maximum atomic E-state index is 11.0. The van der Waals surface area contributed by atoms with Crippen LogP contribution in [0.5, 0.6) is 5.75 Å². The van der Waals surface area contributed by atoms with Crippen LogP contribution in [0.15, 0.2) is 24.3 Å². The molecule has 1 amide bonds. The number of amides is 1.